The molecule has 0 atom stereocenters. The first kappa shape index (κ1) is 8.62. The van der Waals surface area contributed by atoms with Crippen LogP contribution in [0.1, 0.15) is 0 Å². The first-order chi connectivity index (χ1) is 7.45. The molecule has 1 radical (unpaired) electrons. The van der Waals surface area contributed by atoms with E-state index in [0.29, 0.717) is 0 Å². The summed E-state index contributed by atoms with van der Waals surface area (Å²) < 4.78 is 0. The van der Waals surface area contributed by atoms with Crippen molar-refractivity contribution in [3.05, 3.63) is 54.0 Å². The third-order valence-electron chi connectivity index (χ3n) is 2.38. The standard InChI is InChI=1S/C13H8NS/c1-4-11(13-7-3-9-15-13)10-5-2-8-14-12(10)6-1/h1-8H. The van der Waals surface area contributed by atoms with Crippen LogP contribution in [0.25, 0.3) is 21.3 Å². The van der Waals surface area contributed by atoms with Crippen LogP contribution < -0.4 is 0 Å². The van der Waals surface area contributed by atoms with Crippen molar-refractivity contribution in [2.75, 3.05) is 0 Å². The van der Waals surface area contributed by atoms with Gasteiger partial charge in [0.15, 0.2) is 0 Å². The van der Waals surface area contributed by atoms with E-state index in [2.05, 4.69) is 28.6 Å². The Morgan fingerprint density at radius 1 is 1.07 bits per heavy atom. The minimum Gasteiger partial charge on any atom is -0.256 e. The van der Waals surface area contributed by atoms with E-state index in [1.807, 2.05) is 30.5 Å². The topological polar surface area (TPSA) is 12.9 Å². The SMILES string of the molecule is [c]1ccc(-c2cccc3ncccc23)s1. The lowest BCUT2D eigenvalue weighted by atomic mass is 10.1. The Morgan fingerprint density at radius 2 is 2.07 bits per heavy atom. The fourth-order valence-corrected chi connectivity index (χ4v) is 2.39. The molecule has 0 aliphatic heterocycles. The molecule has 0 spiro atoms. The predicted molar refractivity (Wildman–Crippen MR) is 63.9 cm³/mol. The van der Waals surface area contributed by atoms with Gasteiger partial charge in [0.1, 0.15) is 0 Å². The van der Waals surface area contributed by atoms with Crippen molar-refractivity contribution in [2.24, 2.45) is 0 Å². The summed E-state index contributed by atoms with van der Waals surface area (Å²) in [7, 11) is 0. The molecule has 0 unspecified atom stereocenters. The lowest BCUT2D eigenvalue weighted by Crippen LogP contribution is -1.80. The van der Waals surface area contributed by atoms with E-state index in [1.165, 1.54) is 15.8 Å². The molecular weight excluding hydrogens is 202 g/mol. The summed E-state index contributed by atoms with van der Waals surface area (Å²) in [5, 5.41) is 4.32. The molecule has 0 aliphatic rings. The van der Waals surface area contributed by atoms with E-state index in [4.69, 9.17) is 0 Å². The van der Waals surface area contributed by atoms with Gasteiger partial charge in [0.05, 0.1) is 5.52 Å². The molecule has 3 aromatic rings. The summed E-state index contributed by atoms with van der Waals surface area (Å²) in [5.74, 6) is 0. The highest BCUT2D eigenvalue weighted by Gasteiger charge is 2.03. The van der Waals surface area contributed by atoms with Crippen LogP contribution in [0.15, 0.2) is 48.7 Å². The molecule has 0 saturated carbocycles. The highest BCUT2D eigenvalue weighted by atomic mass is 32.1. The lowest BCUT2D eigenvalue weighted by molar-refractivity contribution is 1.41. The number of pyridine rings is 1. The van der Waals surface area contributed by atoms with Crippen molar-refractivity contribution in [1.82, 2.24) is 4.98 Å². The van der Waals surface area contributed by atoms with Crippen molar-refractivity contribution in [3.63, 3.8) is 0 Å². The molecular formula is C13H8NS. The van der Waals surface area contributed by atoms with Crippen LogP contribution in [0.4, 0.5) is 0 Å². The highest BCUT2D eigenvalue weighted by Crippen LogP contribution is 2.30. The van der Waals surface area contributed by atoms with Gasteiger partial charge in [0, 0.05) is 27.4 Å². The van der Waals surface area contributed by atoms with E-state index >= 15 is 0 Å². The average molecular weight is 210 g/mol. The van der Waals surface area contributed by atoms with Crippen molar-refractivity contribution in [2.45, 2.75) is 0 Å². The summed E-state index contributed by atoms with van der Waals surface area (Å²) in [4.78, 5) is 5.59. The minimum atomic E-state index is 1.04. The van der Waals surface area contributed by atoms with Gasteiger partial charge in [-0.05, 0) is 24.3 Å². The zero-order chi connectivity index (χ0) is 10.1. The Hall–Kier alpha value is -1.67. The maximum absolute atomic E-state index is 4.35. The molecule has 3 rings (SSSR count). The van der Waals surface area contributed by atoms with Crippen molar-refractivity contribution >= 4 is 22.2 Å². The molecule has 0 N–H and O–H groups in total. The van der Waals surface area contributed by atoms with Crippen LogP contribution in [0.3, 0.4) is 0 Å². The number of hydrogen-bond acceptors (Lipinski definition) is 2. The fraction of sp³-hybridized carbons (Fsp3) is 0. The minimum absolute atomic E-state index is 1.04. The molecule has 71 valence electrons. The van der Waals surface area contributed by atoms with Crippen molar-refractivity contribution < 1.29 is 0 Å². The summed E-state index contributed by atoms with van der Waals surface area (Å²) in [6.45, 7) is 0. The molecule has 15 heavy (non-hydrogen) atoms. The number of nitrogens with zero attached hydrogens (tertiary/aromatic N) is 1. The molecule has 0 fully saturated rings. The predicted octanol–water partition coefficient (Wildman–Crippen LogP) is 3.76. The second kappa shape index (κ2) is 3.48. The molecule has 0 saturated heterocycles. The van der Waals surface area contributed by atoms with Crippen LogP contribution >= 0.6 is 11.3 Å². The van der Waals surface area contributed by atoms with Crippen LogP contribution in [0, 0.1) is 5.38 Å². The Balaban J connectivity index is 2.36. The van der Waals surface area contributed by atoms with E-state index in [9.17, 15) is 0 Å². The van der Waals surface area contributed by atoms with Gasteiger partial charge >= 0.3 is 0 Å². The Bertz CT molecular complexity index is 579. The van der Waals surface area contributed by atoms with Crippen molar-refractivity contribution in [1.29, 1.82) is 0 Å². The molecule has 0 bridgehead atoms. The third kappa shape index (κ3) is 1.43. The van der Waals surface area contributed by atoms with E-state index < -0.39 is 0 Å². The van der Waals surface area contributed by atoms with Crippen LogP contribution in [0.5, 0.6) is 0 Å². The van der Waals surface area contributed by atoms with Gasteiger partial charge < -0.3 is 0 Å². The zero-order valence-electron chi connectivity index (χ0n) is 7.97. The number of rotatable bonds is 1. The second-order valence-electron chi connectivity index (χ2n) is 3.29. The van der Waals surface area contributed by atoms with Gasteiger partial charge in [-0.2, -0.15) is 0 Å². The number of aromatic nitrogens is 1. The monoisotopic (exact) mass is 210 g/mol. The van der Waals surface area contributed by atoms with Gasteiger partial charge in [-0.15, -0.1) is 11.3 Å². The molecule has 2 aromatic heterocycles. The Morgan fingerprint density at radius 3 is 2.93 bits per heavy atom. The molecule has 2 heteroatoms. The van der Waals surface area contributed by atoms with E-state index in [-0.39, 0.29) is 0 Å². The summed E-state index contributed by atoms with van der Waals surface area (Å²) >= 11 is 1.64. The van der Waals surface area contributed by atoms with Gasteiger partial charge in [-0.3, -0.25) is 4.98 Å². The quantitative estimate of drug-likeness (QED) is 0.596. The van der Waals surface area contributed by atoms with E-state index in [0.717, 1.165) is 5.52 Å². The summed E-state index contributed by atoms with van der Waals surface area (Å²) in [6, 6.07) is 14.3. The maximum atomic E-state index is 4.35. The lowest BCUT2D eigenvalue weighted by Gasteiger charge is -2.02. The fourth-order valence-electron chi connectivity index (χ4n) is 1.70. The Labute approximate surface area is 92.0 Å². The number of thiophene rings is 1. The Kier molecular flexibility index (Phi) is 2.00. The molecule has 1 nitrogen and oxygen atoms in total. The van der Waals surface area contributed by atoms with Gasteiger partial charge in [-0.1, -0.05) is 18.2 Å². The van der Waals surface area contributed by atoms with E-state index in [1.54, 1.807) is 11.3 Å². The first-order valence-electron chi connectivity index (χ1n) is 4.75. The zero-order valence-corrected chi connectivity index (χ0v) is 8.79. The van der Waals surface area contributed by atoms with Gasteiger partial charge in [0.2, 0.25) is 0 Å². The van der Waals surface area contributed by atoms with Crippen LogP contribution in [-0.2, 0) is 0 Å². The van der Waals surface area contributed by atoms with Crippen LogP contribution in [0.2, 0.25) is 0 Å². The second-order valence-corrected chi connectivity index (χ2v) is 4.17. The number of hydrogen-bond donors (Lipinski definition) is 0. The smallest absolute Gasteiger partial charge is 0.0708 e. The third-order valence-corrected chi connectivity index (χ3v) is 3.21. The highest BCUT2D eigenvalue weighted by molar-refractivity contribution is 7.13. The molecule has 0 amide bonds. The van der Waals surface area contributed by atoms with Crippen molar-refractivity contribution in [3.8, 4) is 10.4 Å². The summed E-state index contributed by atoms with van der Waals surface area (Å²) in [5.41, 5.74) is 2.29. The normalized spacial score (nSPS) is 10.7. The number of benzene rings is 1. The number of fused-ring (bicyclic) bond motifs is 1. The first-order valence-corrected chi connectivity index (χ1v) is 5.57. The maximum Gasteiger partial charge on any atom is 0.0708 e. The van der Waals surface area contributed by atoms with Gasteiger partial charge in [-0.25, -0.2) is 0 Å². The molecule has 1 aromatic carbocycles. The van der Waals surface area contributed by atoms with Gasteiger partial charge in [0.25, 0.3) is 0 Å². The average Bonchev–Trinajstić information content (AvgIpc) is 2.82. The molecule has 2 heterocycles. The summed E-state index contributed by atoms with van der Waals surface area (Å²) in [6.07, 6.45) is 1.83. The largest absolute Gasteiger partial charge is 0.256 e. The van der Waals surface area contributed by atoms with Crippen LogP contribution in [-0.4, -0.2) is 4.98 Å². The molecule has 0 aliphatic carbocycles.